The fourth-order valence-electron chi connectivity index (χ4n) is 1.75. The van der Waals surface area contributed by atoms with Crippen LogP contribution in [0.25, 0.3) is 0 Å². The summed E-state index contributed by atoms with van der Waals surface area (Å²) in [4.78, 5) is 12.9. The molecule has 5 nitrogen and oxygen atoms in total. The fourth-order valence-corrected chi connectivity index (χ4v) is 1.75. The molecule has 0 bridgehead atoms. The average molecular weight is 188 g/mol. The molecule has 1 saturated heterocycles. The Morgan fingerprint density at radius 2 is 2.23 bits per heavy atom. The van der Waals surface area contributed by atoms with Gasteiger partial charge in [0.15, 0.2) is 0 Å². The molecule has 0 radical (unpaired) electrons. The van der Waals surface area contributed by atoms with E-state index in [1.165, 1.54) is 7.05 Å². The second-order valence-electron chi connectivity index (χ2n) is 3.44. The van der Waals surface area contributed by atoms with Crippen molar-refractivity contribution in [3.8, 4) is 0 Å². The number of rotatable bonds is 2. The van der Waals surface area contributed by atoms with Crippen LogP contribution in [0.3, 0.4) is 0 Å². The first-order valence-corrected chi connectivity index (χ1v) is 4.37. The van der Waals surface area contributed by atoms with E-state index in [4.69, 9.17) is 0 Å². The lowest BCUT2D eigenvalue weighted by molar-refractivity contribution is -0.203. The maximum atomic E-state index is 11.1. The summed E-state index contributed by atoms with van der Waals surface area (Å²) < 4.78 is 0. The minimum atomic E-state index is -2.26. The minimum Gasteiger partial charge on any atom is -0.357 e. The lowest BCUT2D eigenvalue weighted by Crippen LogP contribution is -2.57. The van der Waals surface area contributed by atoms with Gasteiger partial charge in [-0.3, -0.25) is 9.69 Å². The molecule has 1 aliphatic heterocycles. The van der Waals surface area contributed by atoms with E-state index in [2.05, 4.69) is 5.32 Å². The van der Waals surface area contributed by atoms with Crippen molar-refractivity contribution in [2.45, 2.75) is 24.7 Å². The van der Waals surface area contributed by atoms with Gasteiger partial charge in [-0.25, -0.2) is 0 Å². The Balaban J connectivity index is 2.73. The summed E-state index contributed by atoms with van der Waals surface area (Å²) in [5.74, 6) is -3.01. The van der Waals surface area contributed by atoms with E-state index in [0.717, 1.165) is 13.0 Å². The number of hydrogen-bond acceptors (Lipinski definition) is 4. The summed E-state index contributed by atoms with van der Waals surface area (Å²) in [6.07, 6.45) is 1.53. The van der Waals surface area contributed by atoms with E-state index < -0.39 is 17.7 Å². The van der Waals surface area contributed by atoms with Gasteiger partial charge < -0.3 is 15.5 Å². The zero-order chi connectivity index (χ0) is 10.1. The summed E-state index contributed by atoms with van der Waals surface area (Å²) in [6, 6.07) is -0.493. The van der Waals surface area contributed by atoms with Crippen LogP contribution in [0.15, 0.2) is 0 Å². The van der Waals surface area contributed by atoms with Crippen molar-refractivity contribution in [1.29, 1.82) is 0 Å². The van der Waals surface area contributed by atoms with Crippen molar-refractivity contribution >= 4 is 5.91 Å². The largest absolute Gasteiger partial charge is 0.357 e. The maximum absolute atomic E-state index is 11.1. The third-order valence-corrected chi connectivity index (χ3v) is 2.55. The molecule has 1 amide bonds. The molecule has 13 heavy (non-hydrogen) atoms. The predicted octanol–water partition coefficient (Wildman–Crippen LogP) is -1.49. The Labute approximate surface area is 77.3 Å². The highest BCUT2D eigenvalue weighted by Crippen LogP contribution is 2.23. The molecule has 1 aliphatic rings. The zero-order valence-electron chi connectivity index (χ0n) is 7.95. The van der Waals surface area contributed by atoms with Gasteiger partial charge in [0.05, 0.1) is 6.04 Å². The zero-order valence-corrected chi connectivity index (χ0v) is 7.95. The number of aliphatic hydroxyl groups is 2. The predicted molar refractivity (Wildman–Crippen MR) is 46.9 cm³/mol. The third kappa shape index (κ3) is 1.82. The summed E-state index contributed by atoms with van der Waals surface area (Å²) in [7, 11) is 3.17. The number of carbonyl (C=O) groups is 1. The van der Waals surface area contributed by atoms with Gasteiger partial charge in [0, 0.05) is 7.05 Å². The third-order valence-electron chi connectivity index (χ3n) is 2.55. The molecule has 3 N–H and O–H groups in total. The van der Waals surface area contributed by atoms with Crippen LogP contribution >= 0.6 is 0 Å². The molecule has 0 aliphatic carbocycles. The first kappa shape index (κ1) is 10.4. The van der Waals surface area contributed by atoms with E-state index in [1.54, 1.807) is 11.9 Å². The van der Waals surface area contributed by atoms with Crippen LogP contribution in [-0.4, -0.2) is 53.5 Å². The molecule has 0 aromatic carbocycles. The summed E-state index contributed by atoms with van der Waals surface area (Å²) >= 11 is 0. The van der Waals surface area contributed by atoms with Gasteiger partial charge in [-0.05, 0) is 26.4 Å². The number of likely N-dealkylation sites (N-methyl/N-ethyl adjacent to an activating group) is 2. The van der Waals surface area contributed by atoms with Crippen LogP contribution in [0.5, 0.6) is 0 Å². The second-order valence-corrected chi connectivity index (χ2v) is 3.44. The van der Waals surface area contributed by atoms with Crippen molar-refractivity contribution in [1.82, 2.24) is 10.2 Å². The van der Waals surface area contributed by atoms with E-state index >= 15 is 0 Å². The molecule has 1 rings (SSSR count). The van der Waals surface area contributed by atoms with Gasteiger partial charge in [-0.15, -0.1) is 0 Å². The van der Waals surface area contributed by atoms with Crippen LogP contribution in [0.2, 0.25) is 0 Å². The Hall–Kier alpha value is -0.650. The number of nitrogens with zero attached hydrogens (tertiary/aromatic N) is 1. The quantitative estimate of drug-likeness (QED) is 0.461. The van der Waals surface area contributed by atoms with E-state index in [1.807, 2.05) is 0 Å². The van der Waals surface area contributed by atoms with Gasteiger partial charge in [-0.2, -0.15) is 0 Å². The molecular formula is C8H16N2O3. The van der Waals surface area contributed by atoms with Crippen LogP contribution < -0.4 is 5.32 Å². The van der Waals surface area contributed by atoms with Gasteiger partial charge in [-0.1, -0.05) is 0 Å². The van der Waals surface area contributed by atoms with Crippen molar-refractivity contribution in [2.75, 3.05) is 20.6 Å². The second kappa shape index (κ2) is 3.61. The smallest absolute Gasteiger partial charge is 0.281 e. The molecule has 5 heteroatoms. The first-order valence-electron chi connectivity index (χ1n) is 4.37. The minimum absolute atomic E-state index is 0.493. The normalized spacial score (nSPS) is 24.8. The molecule has 0 spiro atoms. The molecule has 1 atom stereocenters. The van der Waals surface area contributed by atoms with Crippen LogP contribution in [-0.2, 0) is 4.79 Å². The Kier molecular flexibility index (Phi) is 2.90. The molecular weight excluding hydrogens is 172 g/mol. The molecule has 76 valence electrons. The molecule has 0 aromatic heterocycles. The van der Waals surface area contributed by atoms with E-state index in [0.29, 0.717) is 6.42 Å². The number of likely N-dealkylation sites (tertiary alicyclic amines) is 1. The average Bonchev–Trinajstić information content (AvgIpc) is 2.50. The highest BCUT2D eigenvalue weighted by atomic mass is 16.5. The van der Waals surface area contributed by atoms with Gasteiger partial charge >= 0.3 is 0 Å². The monoisotopic (exact) mass is 188 g/mol. The van der Waals surface area contributed by atoms with Crippen LogP contribution in [0.1, 0.15) is 12.8 Å². The number of nitrogens with one attached hydrogen (secondary N) is 1. The topological polar surface area (TPSA) is 72.8 Å². The van der Waals surface area contributed by atoms with E-state index in [-0.39, 0.29) is 0 Å². The Morgan fingerprint density at radius 3 is 2.62 bits per heavy atom. The first-order chi connectivity index (χ1) is 6.00. The molecule has 1 heterocycles. The van der Waals surface area contributed by atoms with Gasteiger partial charge in [0.1, 0.15) is 0 Å². The SMILES string of the molecule is CNC(=O)C(O)(O)C1CCCN1C. The van der Waals surface area contributed by atoms with Crippen molar-refractivity contribution in [3.05, 3.63) is 0 Å². The molecule has 0 aromatic rings. The summed E-state index contributed by atoms with van der Waals surface area (Å²) in [5, 5.41) is 21.3. The van der Waals surface area contributed by atoms with Crippen LogP contribution in [0.4, 0.5) is 0 Å². The van der Waals surface area contributed by atoms with Gasteiger partial charge in [0.2, 0.25) is 0 Å². The molecule has 1 fully saturated rings. The number of carbonyl (C=O) groups excluding carboxylic acids is 1. The highest BCUT2D eigenvalue weighted by molar-refractivity contribution is 5.83. The van der Waals surface area contributed by atoms with Crippen molar-refractivity contribution < 1.29 is 15.0 Å². The highest BCUT2D eigenvalue weighted by Gasteiger charge is 2.45. The molecule has 0 saturated carbocycles. The fraction of sp³-hybridized carbons (Fsp3) is 0.875. The summed E-state index contributed by atoms with van der Waals surface area (Å²) in [5.41, 5.74) is 0. The lowest BCUT2D eigenvalue weighted by atomic mass is 10.0. The van der Waals surface area contributed by atoms with Crippen molar-refractivity contribution in [2.24, 2.45) is 0 Å². The number of amides is 1. The van der Waals surface area contributed by atoms with E-state index in [9.17, 15) is 15.0 Å². The van der Waals surface area contributed by atoms with Crippen LogP contribution in [0, 0.1) is 0 Å². The molecule has 1 unspecified atom stereocenters. The summed E-state index contributed by atoms with van der Waals surface area (Å²) in [6.45, 7) is 0.796. The Bertz CT molecular complexity index is 206. The maximum Gasteiger partial charge on any atom is 0.281 e. The lowest BCUT2D eigenvalue weighted by Gasteiger charge is -2.30. The van der Waals surface area contributed by atoms with Gasteiger partial charge in [0.25, 0.3) is 11.7 Å². The Morgan fingerprint density at radius 1 is 1.62 bits per heavy atom. The number of hydrogen-bond donors (Lipinski definition) is 3. The standard InChI is InChI=1S/C8H16N2O3/c1-9-7(11)8(12,13)6-4-3-5-10(6)2/h6,12-13H,3-5H2,1-2H3,(H,9,11). The van der Waals surface area contributed by atoms with Crippen molar-refractivity contribution in [3.63, 3.8) is 0 Å².